The highest BCUT2D eigenvalue weighted by molar-refractivity contribution is 9.10. The zero-order chi connectivity index (χ0) is 14.4. The minimum absolute atomic E-state index is 0.0713. The van der Waals surface area contributed by atoms with Gasteiger partial charge in [0.1, 0.15) is 6.07 Å². The Labute approximate surface area is 127 Å². The number of hydrogen-bond donors (Lipinski definition) is 1. The van der Waals surface area contributed by atoms with Crippen LogP contribution >= 0.6 is 15.9 Å². The van der Waals surface area contributed by atoms with Crippen molar-refractivity contribution in [3.05, 3.63) is 28.2 Å². The molecule has 1 amide bonds. The number of nitriles is 1. The van der Waals surface area contributed by atoms with Gasteiger partial charge in [0.2, 0.25) is 5.91 Å². The summed E-state index contributed by atoms with van der Waals surface area (Å²) >= 11 is 3.31. The fraction of sp³-hybridized carbons (Fsp3) is 0.467. The molecule has 1 aromatic rings. The van der Waals surface area contributed by atoms with E-state index in [9.17, 15) is 4.79 Å². The molecule has 1 heterocycles. The van der Waals surface area contributed by atoms with Crippen LogP contribution in [0.2, 0.25) is 0 Å². The van der Waals surface area contributed by atoms with E-state index in [1.54, 1.807) is 18.2 Å². The van der Waals surface area contributed by atoms with E-state index < -0.39 is 0 Å². The molecule has 0 radical (unpaired) electrons. The third-order valence-corrected chi connectivity index (χ3v) is 3.84. The van der Waals surface area contributed by atoms with Crippen LogP contribution in [0.5, 0.6) is 0 Å². The number of halogens is 1. The minimum Gasteiger partial charge on any atom is -0.378 e. The van der Waals surface area contributed by atoms with Crippen molar-refractivity contribution in [1.82, 2.24) is 0 Å². The fourth-order valence-electron chi connectivity index (χ4n) is 2.26. The van der Waals surface area contributed by atoms with Crippen LogP contribution in [-0.4, -0.2) is 18.6 Å². The Morgan fingerprint density at radius 3 is 3.05 bits per heavy atom. The van der Waals surface area contributed by atoms with Crippen molar-refractivity contribution >= 4 is 27.5 Å². The summed E-state index contributed by atoms with van der Waals surface area (Å²) < 4.78 is 6.42. The quantitative estimate of drug-likeness (QED) is 0.913. The molecular weight excluding hydrogens is 320 g/mol. The summed E-state index contributed by atoms with van der Waals surface area (Å²) in [5, 5.41) is 11.8. The molecule has 1 saturated heterocycles. The Balaban J connectivity index is 1.86. The molecule has 0 aromatic heterocycles. The first kappa shape index (κ1) is 15.0. The molecule has 2 rings (SSSR count). The van der Waals surface area contributed by atoms with Gasteiger partial charge in [-0.1, -0.05) is 15.9 Å². The van der Waals surface area contributed by atoms with Gasteiger partial charge >= 0.3 is 0 Å². The molecule has 0 saturated carbocycles. The van der Waals surface area contributed by atoms with Crippen molar-refractivity contribution in [3.63, 3.8) is 0 Å². The van der Waals surface area contributed by atoms with Gasteiger partial charge < -0.3 is 10.1 Å². The number of ether oxygens (including phenoxy) is 1. The summed E-state index contributed by atoms with van der Waals surface area (Å²) in [6.07, 6.45) is 4.70. The highest BCUT2D eigenvalue weighted by Gasteiger charge is 2.15. The van der Waals surface area contributed by atoms with Crippen molar-refractivity contribution < 1.29 is 9.53 Å². The maximum absolute atomic E-state index is 11.9. The Kier molecular flexibility index (Phi) is 5.57. The van der Waals surface area contributed by atoms with Gasteiger partial charge in [-0.05, 0) is 43.9 Å². The Bertz CT molecular complexity index is 519. The van der Waals surface area contributed by atoms with Gasteiger partial charge in [0.15, 0.2) is 0 Å². The standard InChI is InChI=1S/C15H17BrN2O2/c16-12-4-6-14(11(9-12)10-17)18-15(19)7-5-13-3-1-2-8-20-13/h4,6,9,13H,1-3,5,7-8H2,(H,18,19). The third kappa shape index (κ3) is 4.32. The number of hydrogen-bond acceptors (Lipinski definition) is 3. The van der Waals surface area contributed by atoms with Crippen molar-refractivity contribution in [3.8, 4) is 6.07 Å². The summed E-state index contributed by atoms with van der Waals surface area (Å²) in [5.41, 5.74) is 1.02. The van der Waals surface area contributed by atoms with E-state index in [4.69, 9.17) is 10.00 Å². The number of anilines is 1. The van der Waals surface area contributed by atoms with E-state index in [2.05, 4.69) is 27.3 Å². The second kappa shape index (κ2) is 7.41. The van der Waals surface area contributed by atoms with E-state index in [1.165, 1.54) is 6.42 Å². The molecule has 0 spiro atoms. The van der Waals surface area contributed by atoms with Gasteiger partial charge in [0, 0.05) is 17.5 Å². The molecule has 0 bridgehead atoms. The largest absolute Gasteiger partial charge is 0.378 e. The van der Waals surface area contributed by atoms with E-state index in [-0.39, 0.29) is 12.0 Å². The first-order valence-corrected chi connectivity index (χ1v) is 7.59. The van der Waals surface area contributed by atoms with Crippen LogP contribution in [0.4, 0.5) is 5.69 Å². The van der Waals surface area contributed by atoms with Gasteiger partial charge in [0.25, 0.3) is 0 Å². The number of nitrogens with zero attached hydrogens (tertiary/aromatic N) is 1. The second-order valence-electron chi connectivity index (χ2n) is 4.88. The summed E-state index contributed by atoms with van der Waals surface area (Å²) in [5.74, 6) is -0.0713. The Morgan fingerprint density at radius 2 is 2.35 bits per heavy atom. The number of carbonyl (C=O) groups excluding carboxylic acids is 1. The zero-order valence-corrected chi connectivity index (χ0v) is 12.8. The average Bonchev–Trinajstić information content (AvgIpc) is 2.48. The van der Waals surface area contributed by atoms with Gasteiger partial charge in [0.05, 0.1) is 17.4 Å². The number of carbonyl (C=O) groups is 1. The van der Waals surface area contributed by atoms with E-state index in [1.807, 2.05) is 0 Å². The van der Waals surface area contributed by atoms with E-state index >= 15 is 0 Å². The highest BCUT2D eigenvalue weighted by atomic mass is 79.9. The van der Waals surface area contributed by atoms with Crippen LogP contribution < -0.4 is 5.32 Å². The Hall–Kier alpha value is -1.38. The van der Waals surface area contributed by atoms with Crippen LogP contribution in [-0.2, 0) is 9.53 Å². The third-order valence-electron chi connectivity index (χ3n) is 3.34. The highest BCUT2D eigenvalue weighted by Crippen LogP contribution is 2.21. The molecule has 1 aliphatic rings. The van der Waals surface area contributed by atoms with Crippen LogP contribution in [0.25, 0.3) is 0 Å². The lowest BCUT2D eigenvalue weighted by molar-refractivity contribution is -0.117. The number of nitrogens with one attached hydrogen (secondary N) is 1. The first-order chi connectivity index (χ1) is 9.69. The van der Waals surface area contributed by atoms with Crippen LogP contribution in [0.15, 0.2) is 22.7 Å². The van der Waals surface area contributed by atoms with E-state index in [0.717, 1.165) is 30.3 Å². The topological polar surface area (TPSA) is 62.1 Å². The molecule has 1 atom stereocenters. The molecule has 106 valence electrons. The molecular formula is C15H17BrN2O2. The van der Waals surface area contributed by atoms with Gasteiger partial charge in [-0.3, -0.25) is 4.79 Å². The maximum atomic E-state index is 11.9. The molecule has 1 unspecified atom stereocenters. The fourth-order valence-corrected chi connectivity index (χ4v) is 2.62. The number of benzene rings is 1. The average molecular weight is 337 g/mol. The number of rotatable bonds is 4. The maximum Gasteiger partial charge on any atom is 0.224 e. The number of amides is 1. The van der Waals surface area contributed by atoms with Crippen molar-refractivity contribution in [2.24, 2.45) is 0 Å². The predicted octanol–water partition coefficient (Wildman–Crippen LogP) is 3.61. The molecule has 4 nitrogen and oxygen atoms in total. The summed E-state index contributed by atoms with van der Waals surface area (Å²) in [6, 6.07) is 7.31. The SMILES string of the molecule is N#Cc1cc(Br)ccc1NC(=O)CCC1CCCCO1. The molecule has 1 aliphatic heterocycles. The van der Waals surface area contributed by atoms with E-state index in [0.29, 0.717) is 17.7 Å². The summed E-state index contributed by atoms with van der Waals surface area (Å²) in [6.45, 7) is 0.803. The lowest BCUT2D eigenvalue weighted by atomic mass is 10.0. The van der Waals surface area contributed by atoms with Crippen molar-refractivity contribution in [2.75, 3.05) is 11.9 Å². The van der Waals surface area contributed by atoms with Gasteiger partial charge in [-0.2, -0.15) is 5.26 Å². The monoisotopic (exact) mass is 336 g/mol. The summed E-state index contributed by atoms with van der Waals surface area (Å²) in [7, 11) is 0. The van der Waals surface area contributed by atoms with Crippen LogP contribution in [0.3, 0.4) is 0 Å². The lowest BCUT2D eigenvalue weighted by Crippen LogP contribution is -2.22. The normalized spacial score (nSPS) is 18.3. The van der Waals surface area contributed by atoms with Crippen LogP contribution in [0, 0.1) is 11.3 Å². The van der Waals surface area contributed by atoms with Crippen molar-refractivity contribution in [1.29, 1.82) is 5.26 Å². The molecule has 0 aliphatic carbocycles. The lowest BCUT2D eigenvalue weighted by Gasteiger charge is -2.22. The molecule has 1 fully saturated rings. The van der Waals surface area contributed by atoms with Crippen molar-refractivity contribution in [2.45, 2.75) is 38.2 Å². The summed E-state index contributed by atoms with van der Waals surface area (Å²) in [4.78, 5) is 11.9. The second-order valence-corrected chi connectivity index (χ2v) is 5.79. The smallest absolute Gasteiger partial charge is 0.224 e. The zero-order valence-electron chi connectivity index (χ0n) is 11.2. The minimum atomic E-state index is -0.0713. The van der Waals surface area contributed by atoms with Crippen LogP contribution in [0.1, 0.15) is 37.7 Å². The van der Waals surface area contributed by atoms with Gasteiger partial charge in [-0.15, -0.1) is 0 Å². The molecule has 1 aromatic carbocycles. The predicted molar refractivity (Wildman–Crippen MR) is 80.3 cm³/mol. The Morgan fingerprint density at radius 1 is 1.50 bits per heavy atom. The first-order valence-electron chi connectivity index (χ1n) is 6.80. The molecule has 1 N–H and O–H groups in total. The van der Waals surface area contributed by atoms with Gasteiger partial charge in [-0.25, -0.2) is 0 Å². The molecule has 20 heavy (non-hydrogen) atoms. The molecule has 5 heteroatoms.